The molecule has 1 aromatic heterocycles. The Kier molecular flexibility index (Phi) is 4.27. The van der Waals surface area contributed by atoms with E-state index in [1.807, 2.05) is 13.0 Å². The predicted octanol–water partition coefficient (Wildman–Crippen LogP) is 2.12. The smallest absolute Gasteiger partial charge is 0.266 e. The number of nitriles is 1. The normalized spacial score (nSPS) is 11.4. The van der Waals surface area contributed by atoms with Gasteiger partial charge in [-0.3, -0.25) is 10.1 Å². The fourth-order valence-electron chi connectivity index (χ4n) is 1.42. The van der Waals surface area contributed by atoms with Crippen LogP contribution in [0.1, 0.15) is 17.5 Å². The van der Waals surface area contributed by atoms with Crippen molar-refractivity contribution in [1.82, 2.24) is 10.2 Å². The Bertz CT molecular complexity index is 645. The van der Waals surface area contributed by atoms with Crippen LogP contribution in [0.3, 0.4) is 0 Å². The summed E-state index contributed by atoms with van der Waals surface area (Å²) in [6.45, 7) is 3.45. The van der Waals surface area contributed by atoms with Crippen molar-refractivity contribution < 1.29 is 9.53 Å². The predicted molar refractivity (Wildman–Crippen MR) is 74.5 cm³/mol. The lowest BCUT2D eigenvalue weighted by molar-refractivity contribution is -0.122. The van der Waals surface area contributed by atoms with Gasteiger partial charge in [0.2, 0.25) is 5.13 Å². The number of nitrogens with zero attached hydrogens (tertiary/aromatic N) is 3. The third-order valence-electron chi connectivity index (χ3n) is 2.42. The van der Waals surface area contributed by atoms with E-state index < -0.39 is 6.10 Å². The largest absolute Gasteiger partial charge is 0.481 e. The van der Waals surface area contributed by atoms with Gasteiger partial charge in [-0.05, 0) is 38.1 Å². The summed E-state index contributed by atoms with van der Waals surface area (Å²) in [6.07, 6.45) is -0.674. The molecule has 0 aliphatic rings. The molecule has 2 rings (SSSR count). The first-order valence-corrected chi connectivity index (χ1v) is 6.68. The van der Waals surface area contributed by atoms with Gasteiger partial charge in [0.05, 0.1) is 11.6 Å². The van der Waals surface area contributed by atoms with E-state index >= 15 is 0 Å². The minimum Gasteiger partial charge on any atom is -0.481 e. The molecule has 0 saturated carbocycles. The van der Waals surface area contributed by atoms with Gasteiger partial charge in [0.1, 0.15) is 10.8 Å². The van der Waals surface area contributed by atoms with Crippen molar-refractivity contribution in [2.24, 2.45) is 0 Å². The number of ether oxygens (including phenoxy) is 1. The summed E-state index contributed by atoms with van der Waals surface area (Å²) in [4.78, 5) is 11.9. The molecule has 0 aliphatic heterocycles. The Labute approximate surface area is 120 Å². The van der Waals surface area contributed by atoms with Gasteiger partial charge in [-0.1, -0.05) is 11.3 Å². The van der Waals surface area contributed by atoms with Crippen LogP contribution in [-0.4, -0.2) is 22.2 Å². The highest BCUT2D eigenvalue weighted by Gasteiger charge is 2.16. The van der Waals surface area contributed by atoms with Crippen LogP contribution in [0.2, 0.25) is 0 Å². The number of aromatic nitrogens is 2. The van der Waals surface area contributed by atoms with Crippen molar-refractivity contribution in [2.75, 3.05) is 5.32 Å². The van der Waals surface area contributed by atoms with Crippen LogP contribution < -0.4 is 10.1 Å². The van der Waals surface area contributed by atoms with Crippen molar-refractivity contribution in [2.45, 2.75) is 20.0 Å². The van der Waals surface area contributed by atoms with E-state index in [9.17, 15) is 4.79 Å². The fraction of sp³-hybridized carbons (Fsp3) is 0.231. The zero-order valence-electron chi connectivity index (χ0n) is 11.0. The number of aryl methyl sites for hydroxylation is 1. The van der Waals surface area contributed by atoms with Gasteiger partial charge in [-0.2, -0.15) is 5.26 Å². The van der Waals surface area contributed by atoms with Gasteiger partial charge in [0, 0.05) is 0 Å². The molecule has 0 bridgehead atoms. The summed E-state index contributed by atoms with van der Waals surface area (Å²) in [5.74, 6) is 0.227. The van der Waals surface area contributed by atoms with Gasteiger partial charge in [-0.15, -0.1) is 10.2 Å². The van der Waals surface area contributed by atoms with Crippen LogP contribution in [0.5, 0.6) is 5.75 Å². The van der Waals surface area contributed by atoms with E-state index in [-0.39, 0.29) is 5.91 Å². The van der Waals surface area contributed by atoms with Crippen LogP contribution in [0.15, 0.2) is 24.3 Å². The molecule has 20 heavy (non-hydrogen) atoms. The molecule has 0 radical (unpaired) electrons. The molecule has 1 heterocycles. The number of rotatable bonds is 4. The highest BCUT2D eigenvalue weighted by molar-refractivity contribution is 7.15. The molecule has 1 unspecified atom stereocenters. The molecule has 0 fully saturated rings. The Morgan fingerprint density at radius 3 is 2.65 bits per heavy atom. The van der Waals surface area contributed by atoms with Gasteiger partial charge >= 0.3 is 0 Å². The summed E-state index contributed by atoms with van der Waals surface area (Å²) in [5.41, 5.74) is 0.541. The first-order valence-electron chi connectivity index (χ1n) is 5.86. The molecule has 1 atom stereocenters. The van der Waals surface area contributed by atoms with Crippen molar-refractivity contribution in [1.29, 1.82) is 5.26 Å². The molecule has 2 aromatic rings. The van der Waals surface area contributed by atoms with Crippen LogP contribution in [0.4, 0.5) is 5.13 Å². The Hall–Kier alpha value is -2.46. The Morgan fingerprint density at radius 2 is 2.10 bits per heavy atom. The molecule has 1 amide bonds. The number of carbonyl (C=O) groups excluding carboxylic acids is 1. The van der Waals surface area contributed by atoms with E-state index in [0.29, 0.717) is 16.4 Å². The van der Waals surface area contributed by atoms with Crippen LogP contribution >= 0.6 is 11.3 Å². The number of hydrogen-bond donors (Lipinski definition) is 1. The summed E-state index contributed by atoms with van der Waals surface area (Å²) < 4.78 is 5.49. The van der Waals surface area contributed by atoms with E-state index in [1.54, 1.807) is 31.2 Å². The third-order valence-corrected chi connectivity index (χ3v) is 3.18. The second kappa shape index (κ2) is 6.12. The van der Waals surface area contributed by atoms with Crippen LogP contribution in [0, 0.1) is 18.3 Å². The average Bonchev–Trinajstić information content (AvgIpc) is 2.85. The van der Waals surface area contributed by atoms with E-state index in [4.69, 9.17) is 10.00 Å². The fourth-order valence-corrected chi connectivity index (χ4v) is 2.01. The lowest BCUT2D eigenvalue weighted by atomic mass is 10.2. The standard InChI is InChI=1S/C13H12N4O2S/c1-8(12(18)15-13-17-16-9(2)20-13)19-11-5-3-10(7-14)4-6-11/h3-6,8H,1-2H3,(H,15,17,18). The lowest BCUT2D eigenvalue weighted by Gasteiger charge is -2.13. The monoisotopic (exact) mass is 288 g/mol. The van der Waals surface area contributed by atoms with Gasteiger partial charge in [0.15, 0.2) is 6.10 Å². The molecule has 7 heteroatoms. The van der Waals surface area contributed by atoms with Crippen LogP contribution in [-0.2, 0) is 4.79 Å². The molecular weight excluding hydrogens is 276 g/mol. The van der Waals surface area contributed by atoms with Crippen LogP contribution in [0.25, 0.3) is 0 Å². The summed E-state index contributed by atoms with van der Waals surface area (Å²) in [5, 5.41) is 20.2. The zero-order chi connectivity index (χ0) is 14.5. The second-order valence-corrected chi connectivity index (χ2v) is 5.19. The Morgan fingerprint density at radius 1 is 1.40 bits per heavy atom. The summed E-state index contributed by atoms with van der Waals surface area (Å²) in [7, 11) is 0. The SMILES string of the molecule is Cc1nnc(NC(=O)C(C)Oc2ccc(C#N)cc2)s1. The molecule has 1 aromatic carbocycles. The first-order chi connectivity index (χ1) is 9.58. The van der Waals surface area contributed by atoms with Gasteiger partial charge < -0.3 is 4.74 Å². The molecule has 0 aliphatic carbocycles. The van der Waals surface area contributed by atoms with E-state index in [1.165, 1.54) is 11.3 Å². The number of amides is 1. The van der Waals surface area contributed by atoms with E-state index in [2.05, 4.69) is 15.5 Å². The second-order valence-electron chi connectivity index (χ2n) is 4.01. The van der Waals surface area contributed by atoms with Crippen molar-refractivity contribution in [3.05, 3.63) is 34.8 Å². The lowest BCUT2D eigenvalue weighted by Crippen LogP contribution is -2.30. The Balaban J connectivity index is 1.95. The van der Waals surface area contributed by atoms with Crippen molar-refractivity contribution in [3.8, 4) is 11.8 Å². The summed E-state index contributed by atoms with van der Waals surface area (Å²) >= 11 is 1.30. The number of nitrogens with one attached hydrogen (secondary N) is 1. The zero-order valence-corrected chi connectivity index (χ0v) is 11.8. The summed E-state index contributed by atoms with van der Waals surface area (Å²) in [6, 6.07) is 8.58. The van der Waals surface area contributed by atoms with Crippen molar-refractivity contribution >= 4 is 22.4 Å². The topological polar surface area (TPSA) is 87.9 Å². The first kappa shape index (κ1) is 14.0. The molecule has 6 nitrogen and oxygen atoms in total. The van der Waals surface area contributed by atoms with E-state index in [0.717, 1.165) is 5.01 Å². The molecule has 102 valence electrons. The molecular formula is C13H12N4O2S. The highest BCUT2D eigenvalue weighted by Crippen LogP contribution is 2.16. The maximum Gasteiger partial charge on any atom is 0.266 e. The van der Waals surface area contributed by atoms with Crippen molar-refractivity contribution in [3.63, 3.8) is 0 Å². The number of carbonyl (C=O) groups is 1. The quantitative estimate of drug-likeness (QED) is 0.931. The molecule has 1 N–H and O–H groups in total. The number of benzene rings is 1. The highest BCUT2D eigenvalue weighted by atomic mass is 32.1. The third kappa shape index (κ3) is 3.52. The van der Waals surface area contributed by atoms with Gasteiger partial charge in [0.25, 0.3) is 5.91 Å². The minimum atomic E-state index is -0.674. The molecule has 0 spiro atoms. The van der Waals surface area contributed by atoms with Gasteiger partial charge in [-0.25, -0.2) is 0 Å². The number of hydrogen-bond acceptors (Lipinski definition) is 6. The molecule has 0 saturated heterocycles. The average molecular weight is 288 g/mol. The minimum absolute atomic E-state index is 0.300. The maximum absolute atomic E-state index is 11.9. The number of anilines is 1. The maximum atomic E-state index is 11.9.